The average Bonchev–Trinajstić information content (AvgIpc) is 2.51. The minimum atomic E-state index is -0.779. The largest absolute Gasteiger partial charge is 0.507 e. The van der Waals surface area contributed by atoms with Gasteiger partial charge in [-0.3, -0.25) is 4.79 Å². The van der Waals surface area contributed by atoms with Crippen molar-refractivity contribution in [3.05, 3.63) is 35.4 Å². The predicted molar refractivity (Wildman–Crippen MR) is 78.4 cm³/mol. The van der Waals surface area contributed by atoms with Gasteiger partial charge in [0, 0.05) is 6.07 Å². The normalized spacial score (nSPS) is 16.6. The van der Waals surface area contributed by atoms with Crippen LogP contribution in [0.4, 0.5) is 0 Å². The smallest absolute Gasteiger partial charge is 0.201 e. The van der Waals surface area contributed by atoms with Crippen LogP contribution in [0.1, 0.15) is 28.4 Å². The molecule has 1 heterocycles. The Balaban J connectivity index is 2.04. The van der Waals surface area contributed by atoms with Gasteiger partial charge in [0.1, 0.15) is 17.4 Å². The maximum Gasteiger partial charge on any atom is 0.201 e. The number of ether oxygens (including phenoxy) is 2. The number of ketones is 1. The molecule has 0 radical (unpaired) electrons. The summed E-state index contributed by atoms with van der Waals surface area (Å²) < 4.78 is 10.5. The molecule has 0 spiro atoms. The predicted octanol–water partition coefficient (Wildman–Crippen LogP) is 2.22. The van der Waals surface area contributed by atoms with Crippen LogP contribution in [-0.4, -0.2) is 33.3 Å². The highest BCUT2D eigenvalue weighted by Gasteiger charge is 2.34. The van der Waals surface area contributed by atoms with Crippen LogP contribution in [0.15, 0.2) is 24.3 Å². The fourth-order valence-electron chi connectivity index (χ4n) is 2.55. The number of carbonyl (C=O) groups excluding carboxylic acids is 1. The van der Waals surface area contributed by atoms with Crippen LogP contribution < -0.4 is 9.47 Å². The third-order valence-corrected chi connectivity index (χ3v) is 3.70. The first kappa shape index (κ1) is 14.8. The maximum absolute atomic E-state index is 12.2. The number of hydrogen-bond donors (Lipinski definition) is 4. The number of carbonyl (C=O) groups is 1. The van der Waals surface area contributed by atoms with Gasteiger partial charge in [0.25, 0.3) is 0 Å². The van der Waals surface area contributed by atoms with Crippen LogP contribution in [0.25, 0.3) is 0 Å². The second kappa shape index (κ2) is 5.28. The molecule has 0 fully saturated rings. The topological polar surface area (TPSA) is 116 Å². The van der Waals surface area contributed by atoms with Crippen LogP contribution in [0.2, 0.25) is 0 Å². The first-order chi connectivity index (χ1) is 10.9. The highest BCUT2D eigenvalue weighted by Crippen LogP contribution is 2.49. The van der Waals surface area contributed by atoms with Crippen molar-refractivity contribution in [2.75, 3.05) is 7.11 Å². The molecular formula is C16H14O7. The van der Waals surface area contributed by atoms with Gasteiger partial charge in [0.15, 0.2) is 28.8 Å². The van der Waals surface area contributed by atoms with E-state index in [0.29, 0.717) is 5.56 Å². The Morgan fingerprint density at radius 3 is 2.48 bits per heavy atom. The first-order valence-electron chi connectivity index (χ1n) is 6.77. The molecule has 2 aromatic carbocycles. The van der Waals surface area contributed by atoms with Crippen molar-refractivity contribution in [3.8, 4) is 34.5 Å². The van der Waals surface area contributed by atoms with Crippen molar-refractivity contribution in [1.82, 2.24) is 0 Å². The van der Waals surface area contributed by atoms with Crippen LogP contribution in [-0.2, 0) is 0 Å². The summed E-state index contributed by atoms with van der Waals surface area (Å²) in [6.45, 7) is 0. The van der Waals surface area contributed by atoms with Crippen molar-refractivity contribution < 1.29 is 34.7 Å². The minimum absolute atomic E-state index is 0.0868. The molecule has 1 unspecified atom stereocenters. The van der Waals surface area contributed by atoms with E-state index in [-0.39, 0.29) is 29.2 Å². The molecule has 0 aromatic heterocycles. The standard InChI is InChI=1S/C16H14O7/c1-22-12-3-2-7(4-8(12)17)13-6-10(19)14-9(18)5-11(20)15(21)16(14)23-13/h2-5,13,17-18,20-21H,6H2,1H3. The lowest BCUT2D eigenvalue weighted by Gasteiger charge is -2.27. The molecule has 2 aromatic rings. The maximum atomic E-state index is 12.2. The number of rotatable bonds is 2. The van der Waals surface area contributed by atoms with Gasteiger partial charge in [-0.2, -0.15) is 0 Å². The first-order valence-corrected chi connectivity index (χ1v) is 6.77. The van der Waals surface area contributed by atoms with Crippen LogP contribution in [0.5, 0.6) is 34.5 Å². The molecule has 0 aliphatic carbocycles. The van der Waals surface area contributed by atoms with Crippen LogP contribution >= 0.6 is 0 Å². The Morgan fingerprint density at radius 1 is 1.09 bits per heavy atom. The third kappa shape index (κ3) is 2.36. The summed E-state index contributed by atoms with van der Waals surface area (Å²) in [4.78, 5) is 12.2. The summed E-state index contributed by atoms with van der Waals surface area (Å²) >= 11 is 0. The number of Topliss-reactive ketones (excluding diaryl/α,β-unsaturated/α-hetero) is 1. The number of methoxy groups -OCH3 is 1. The van der Waals surface area contributed by atoms with E-state index in [1.165, 1.54) is 19.2 Å². The number of phenols is 4. The summed E-state index contributed by atoms with van der Waals surface area (Å²) in [5.41, 5.74) is 0.318. The molecule has 0 amide bonds. The zero-order valence-corrected chi connectivity index (χ0v) is 12.1. The molecule has 7 heteroatoms. The second-order valence-corrected chi connectivity index (χ2v) is 5.13. The summed E-state index contributed by atoms with van der Waals surface area (Å²) in [5.74, 6) is -2.24. The SMILES string of the molecule is COc1ccc(C2CC(=O)c3c(O)cc(O)c(O)c3O2)cc1O. The third-order valence-electron chi connectivity index (χ3n) is 3.70. The highest BCUT2D eigenvalue weighted by molar-refractivity contribution is 6.03. The average molecular weight is 318 g/mol. The van der Waals surface area contributed by atoms with Gasteiger partial charge in [0.2, 0.25) is 5.75 Å². The molecule has 0 saturated carbocycles. The van der Waals surface area contributed by atoms with Gasteiger partial charge in [0.05, 0.1) is 13.5 Å². The summed E-state index contributed by atoms with van der Waals surface area (Å²) in [5, 5.41) is 39.0. The number of hydrogen-bond acceptors (Lipinski definition) is 7. The second-order valence-electron chi connectivity index (χ2n) is 5.13. The van der Waals surface area contributed by atoms with Gasteiger partial charge < -0.3 is 29.9 Å². The number of fused-ring (bicyclic) bond motifs is 1. The molecule has 4 N–H and O–H groups in total. The highest BCUT2D eigenvalue weighted by atomic mass is 16.5. The molecule has 3 rings (SSSR count). The van der Waals surface area contributed by atoms with Crippen LogP contribution in [0.3, 0.4) is 0 Å². The lowest BCUT2D eigenvalue weighted by atomic mass is 9.95. The molecule has 1 aliphatic heterocycles. The van der Waals surface area contributed by atoms with Crippen molar-refractivity contribution >= 4 is 5.78 Å². The molecule has 120 valence electrons. The van der Waals surface area contributed by atoms with Gasteiger partial charge in [-0.25, -0.2) is 0 Å². The number of phenolic OH excluding ortho intramolecular Hbond substituents is 4. The van der Waals surface area contributed by atoms with Gasteiger partial charge in [-0.1, -0.05) is 6.07 Å². The number of benzene rings is 2. The molecular weight excluding hydrogens is 304 g/mol. The van der Waals surface area contributed by atoms with Gasteiger partial charge in [-0.05, 0) is 17.7 Å². The van der Waals surface area contributed by atoms with Crippen molar-refractivity contribution in [2.45, 2.75) is 12.5 Å². The summed E-state index contributed by atoms with van der Waals surface area (Å²) in [7, 11) is 1.41. The van der Waals surface area contributed by atoms with E-state index >= 15 is 0 Å². The molecule has 23 heavy (non-hydrogen) atoms. The zero-order valence-electron chi connectivity index (χ0n) is 12.1. The summed E-state index contributed by atoms with van der Waals surface area (Å²) in [6.07, 6.45) is -0.866. The van der Waals surface area contributed by atoms with Crippen LogP contribution in [0, 0.1) is 0 Å². The van der Waals surface area contributed by atoms with E-state index in [2.05, 4.69) is 0 Å². The fourth-order valence-corrected chi connectivity index (χ4v) is 2.55. The van der Waals surface area contributed by atoms with Gasteiger partial charge >= 0.3 is 0 Å². The van der Waals surface area contributed by atoms with E-state index in [0.717, 1.165) is 6.07 Å². The lowest BCUT2D eigenvalue weighted by molar-refractivity contribution is 0.0836. The van der Waals surface area contributed by atoms with Crippen molar-refractivity contribution in [1.29, 1.82) is 0 Å². The molecule has 0 bridgehead atoms. The quantitative estimate of drug-likeness (QED) is 0.495. The molecule has 7 nitrogen and oxygen atoms in total. The van der Waals surface area contributed by atoms with Gasteiger partial charge in [-0.15, -0.1) is 0 Å². The Hall–Kier alpha value is -3.09. The van der Waals surface area contributed by atoms with E-state index in [4.69, 9.17) is 9.47 Å². The van der Waals surface area contributed by atoms with E-state index in [1.54, 1.807) is 6.07 Å². The van der Waals surface area contributed by atoms with Crippen molar-refractivity contribution in [2.24, 2.45) is 0 Å². The summed E-state index contributed by atoms with van der Waals surface area (Å²) in [6, 6.07) is 5.41. The lowest BCUT2D eigenvalue weighted by Crippen LogP contribution is -2.20. The fraction of sp³-hybridized carbons (Fsp3) is 0.188. The molecule has 1 atom stereocenters. The zero-order chi connectivity index (χ0) is 16.7. The van der Waals surface area contributed by atoms with E-state index < -0.39 is 29.1 Å². The molecule has 1 aliphatic rings. The van der Waals surface area contributed by atoms with E-state index in [1.807, 2.05) is 0 Å². The minimum Gasteiger partial charge on any atom is -0.507 e. The Morgan fingerprint density at radius 2 is 1.83 bits per heavy atom. The Bertz CT molecular complexity index is 798. The van der Waals surface area contributed by atoms with E-state index in [9.17, 15) is 25.2 Å². The Kier molecular flexibility index (Phi) is 3.40. The van der Waals surface area contributed by atoms with Crippen molar-refractivity contribution in [3.63, 3.8) is 0 Å². The molecule has 0 saturated heterocycles. The number of aromatic hydroxyl groups is 4. The Labute approximate surface area is 131 Å². The monoisotopic (exact) mass is 318 g/mol.